The lowest BCUT2D eigenvalue weighted by Gasteiger charge is -2.44. The van der Waals surface area contributed by atoms with E-state index in [-0.39, 0.29) is 25.5 Å². The average Bonchev–Trinajstić information content (AvgIpc) is 3.66. The van der Waals surface area contributed by atoms with E-state index in [2.05, 4.69) is 53.5 Å². The topological polar surface area (TPSA) is 143 Å². The van der Waals surface area contributed by atoms with Gasteiger partial charge in [-0.25, -0.2) is 0 Å². The van der Waals surface area contributed by atoms with Crippen LogP contribution in [0.3, 0.4) is 0 Å². The van der Waals surface area contributed by atoms with Crippen LogP contribution in [0.25, 0.3) is 0 Å². The van der Waals surface area contributed by atoms with Crippen LogP contribution in [-0.4, -0.2) is 79.2 Å². The normalized spacial score (nSPS) is 25.7. The fraction of sp³-hybridized carbons (Fsp3) is 0.439. The molecule has 3 aromatic rings. The number of rotatable bonds is 6. The number of ether oxygens (including phenoxy) is 4. The molecule has 0 amide bonds. The van der Waals surface area contributed by atoms with Crippen LogP contribution in [0.5, 0.6) is 17.2 Å². The van der Waals surface area contributed by atoms with Gasteiger partial charge in [0.1, 0.15) is 29.7 Å². The molecule has 286 valence electrons. The molecule has 7 rings (SSSR count). The summed E-state index contributed by atoms with van der Waals surface area (Å²) in [7, 11) is 3.64. The van der Waals surface area contributed by atoms with E-state index in [9.17, 15) is 14.8 Å². The quantitative estimate of drug-likeness (QED) is 0.198. The minimum atomic E-state index is -1.08. The SMILES string of the molecule is C=C1OCC(c2c(C)c(C)c(C)c3c2OCO3)NCC2c3c(ccc(OC)c3N=O)CC(CSC[C@]13NC(C(=O)O)CC=C3Nc1ccccc1C)N2C. The van der Waals surface area contributed by atoms with Crippen molar-refractivity contribution in [3.63, 3.8) is 0 Å². The molecule has 4 heterocycles. The van der Waals surface area contributed by atoms with Crippen LogP contribution in [0.4, 0.5) is 11.4 Å². The third kappa shape index (κ3) is 6.61. The summed E-state index contributed by atoms with van der Waals surface area (Å²) in [6.45, 7) is 13.5. The average molecular weight is 756 g/mol. The molecule has 3 aromatic carbocycles. The summed E-state index contributed by atoms with van der Waals surface area (Å²) in [5, 5.41) is 24.8. The Labute approximate surface area is 320 Å². The number of hydrogen-bond donors (Lipinski definition) is 4. The van der Waals surface area contributed by atoms with Gasteiger partial charge in [-0.1, -0.05) is 36.9 Å². The van der Waals surface area contributed by atoms with Crippen molar-refractivity contribution < 1.29 is 28.8 Å². The Balaban J connectivity index is 1.36. The zero-order valence-corrected chi connectivity index (χ0v) is 32.5. The summed E-state index contributed by atoms with van der Waals surface area (Å²) >= 11 is 1.71. The second-order valence-electron chi connectivity index (χ2n) is 14.6. The standard InChI is InChI=1S/C41H49N5O7S/c1-22-10-8-9-11-29(22)43-34-15-13-30(40(47)48)44-41(34)20-54-19-28-16-27-12-14-33(50-7)37(45-49)36(27)32(46(28)6)17-42-31(18-51-26(41)5)35-24(3)23(2)25(4)38-39(35)53-21-52-38/h8-12,14-15,28,30-32,42-44H,5,13,16-21H2,1-4,6-7H3,(H,47,48)/t28?,30?,31?,32?,41-/m0/s1. The monoisotopic (exact) mass is 755 g/mol. The largest absolute Gasteiger partial charge is 0.494 e. The number of likely N-dealkylation sites (N-methyl/N-ethyl adjacent to an activating group) is 1. The fourth-order valence-corrected chi connectivity index (χ4v) is 9.77. The minimum absolute atomic E-state index is 0.0765. The van der Waals surface area contributed by atoms with Gasteiger partial charge in [-0.3, -0.25) is 15.0 Å². The number of thioether (sulfide) groups is 1. The van der Waals surface area contributed by atoms with Crippen LogP contribution in [-0.2, 0) is 16.0 Å². The van der Waals surface area contributed by atoms with Gasteiger partial charge >= 0.3 is 5.97 Å². The smallest absolute Gasteiger partial charge is 0.321 e. The Morgan fingerprint density at radius 2 is 1.85 bits per heavy atom. The number of aryl methyl sites for hydroxylation is 1. The number of carbonyl (C=O) groups is 1. The molecule has 13 heteroatoms. The second-order valence-corrected chi connectivity index (χ2v) is 15.6. The third-order valence-electron chi connectivity index (χ3n) is 11.8. The molecule has 5 atom stereocenters. The number of fused-ring (bicyclic) bond motifs is 5. The van der Waals surface area contributed by atoms with Gasteiger partial charge < -0.3 is 34.7 Å². The molecule has 1 spiro atoms. The van der Waals surface area contributed by atoms with Crippen molar-refractivity contribution in [2.24, 2.45) is 5.18 Å². The van der Waals surface area contributed by atoms with E-state index in [1.54, 1.807) is 18.9 Å². The molecular formula is C41H49N5O7S. The molecule has 2 bridgehead atoms. The lowest BCUT2D eigenvalue weighted by molar-refractivity contribution is -0.140. The van der Waals surface area contributed by atoms with Crippen molar-refractivity contribution in [2.45, 2.75) is 70.2 Å². The van der Waals surface area contributed by atoms with Gasteiger partial charge in [0, 0.05) is 52.6 Å². The first-order valence-electron chi connectivity index (χ1n) is 18.3. The summed E-state index contributed by atoms with van der Waals surface area (Å²) < 4.78 is 24.6. The summed E-state index contributed by atoms with van der Waals surface area (Å²) in [5.74, 6) is 2.45. The Kier molecular flexibility index (Phi) is 10.7. The van der Waals surface area contributed by atoms with E-state index in [1.807, 2.05) is 56.3 Å². The number of para-hydroxylation sites is 1. The van der Waals surface area contributed by atoms with E-state index < -0.39 is 23.6 Å². The number of nitrogens with zero attached hydrogens (tertiary/aromatic N) is 2. The Morgan fingerprint density at radius 3 is 2.59 bits per heavy atom. The molecule has 0 aromatic heterocycles. The molecule has 1 saturated heterocycles. The van der Waals surface area contributed by atoms with Gasteiger partial charge in [0.25, 0.3) is 0 Å². The summed E-state index contributed by atoms with van der Waals surface area (Å²) in [4.78, 5) is 27.4. The van der Waals surface area contributed by atoms with Crippen molar-refractivity contribution in [1.82, 2.24) is 15.5 Å². The van der Waals surface area contributed by atoms with Crippen LogP contribution >= 0.6 is 11.8 Å². The van der Waals surface area contributed by atoms with Crippen LogP contribution in [0, 0.1) is 32.6 Å². The minimum Gasteiger partial charge on any atom is -0.494 e. The number of carboxylic acid groups (broad SMARTS) is 1. The van der Waals surface area contributed by atoms with Crippen molar-refractivity contribution in [2.75, 3.05) is 50.9 Å². The first-order chi connectivity index (χ1) is 26.0. The van der Waals surface area contributed by atoms with Gasteiger partial charge in [-0.15, -0.1) is 4.91 Å². The van der Waals surface area contributed by atoms with E-state index in [0.717, 1.165) is 50.3 Å². The van der Waals surface area contributed by atoms with Crippen LogP contribution in [0.2, 0.25) is 0 Å². The summed E-state index contributed by atoms with van der Waals surface area (Å²) in [5.41, 5.74) is 7.97. The number of hydrogen-bond acceptors (Lipinski definition) is 12. The number of benzene rings is 3. The Hall–Kier alpha value is -4.56. The highest BCUT2D eigenvalue weighted by molar-refractivity contribution is 7.99. The lowest BCUT2D eigenvalue weighted by Crippen LogP contribution is -2.61. The van der Waals surface area contributed by atoms with Crippen molar-refractivity contribution in [1.29, 1.82) is 0 Å². The molecule has 1 fully saturated rings. The van der Waals surface area contributed by atoms with E-state index in [0.29, 0.717) is 59.6 Å². The van der Waals surface area contributed by atoms with Gasteiger partial charge in [0.2, 0.25) is 6.79 Å². The van der Waals surface area contributed by atoms with Crippen LogP contribution in [0.1, 0.15) is 57.4 Å². The van der Waals surface area contributed by atoms with Crippen molar-refractivity contribution in [3.8, 4) is 17.2 Å². The zero-order valence-electron chi connectivity index (χ0n) is 31.7. The number of nitroso groups, excluding NO2 is 1. The predicted octanol–water partition coefficient (Wildman–Crippen LogP) is 6.74. The van der Waals surface area contributed by atoms with Crippen LogP contribution in [0.15, 0.2) is 65.7 Å². The maximum atomic E-state index is 12.6. The molecule has 0 radical (unpaired) electrons. The van der Waals surface area contributed by atoms with Gasteiger partial charge in [-0.05, 0) is 92.7 Å². The summed E-state index contributed by atoms with van der Waals surface area (Å²) in [6, 6.07) is 10.5. The van der Waals surface area contributed by atoms with Crippen molar-refractivity contribution in [3.05, 3.63) is 104 Å². The number of anilines is 1. The molecule has 12 nitrogen and oxygen atoms in total. The number of aliphatic carboxylic acids is 1. The maximum Gasteiger partial charge on any atom is 0.321 e. The van der Waals surface area contributed by atoms with Gasteiger partial charge in [-0.2, -0.15) is 11.8 Å². The van der Waals surface area contributed by atoms with E-state index in [4.69, 9.17) is 18.9 Å². The van der Waals surface area contributed by atoms with E-state index >= 15 is 0 Å². The molecule has 0 aliphatic carbocycles. The highest BCUT2D eigenvalue weighted by atomic mass is 32.2. The van der Waals surface area contributed by atoms with Gasteiger partial charge in [0.15, 0.2) is 17.2 Å². The highest BCUT2D eigenvalue weighted by Crippen LogP contribution is 2.48. The fourth-order valence-electron chi connectivity index (χ4n) is 8.32. The Morgan fingerprint density at radius 1 is 1.07 bits per heavy atom. The van der Waals surface area contributed by atoms with Crippen LogP contribution < -0.4 is 30.2 Å². The Bertz CT molecular complexity index is 2020. The molecule has 4 unspecified atom stereocenters. The van der Waals surface area contributed by atoms with Gasteiger partial charge in [0.05, 0.1) is 13.2 Å². The molecular weight excluding hydrogens is 707 g/mol. The molecule has 0 saturated carbocycles. The summed E-state index contributed by atoms with van der Waals surface area (Å²) in [6.07, 6.45) is 2.95. The molecule has 4 aliphatic rings. The molecule has 54 heavy (non-hydrogen) atoms. The molecule has 4 N–H and O–H groups in total. The van der Waals surface area contributed by atoms with E-state index in [1.165, 1.54) is 0 Å². The highest BCUT2D eigenvalue weighted by Gasteiger charge is 2.46. The molecule has 4 aliphatic heterocycles. The number of nitrogens with one attached hydrogen (secondary N) is 3. The zero-order chi connectivity index (χ0) is 38.3. The third-order valence-corrected chi connectivity index (χ3v) is 13.0. The number of methoxy groups -OCH3 is 1. The first-order valence-corrected chi connectivity index (χ1v) is 19.5. The lowest BCUT2D eigenvalue weighted by atomic mass is 9.86. The second kappa shape index (κ2) is 15.3. The predicted molar refractivity (Wildman–Crippen MR) is 211 cm³/mol. The van der Waals surface area contributed by atoms with Crippen molar-refractivity contribution >= 4 is 29.1 Å². The first kappa shape index (κ1) is 37.7. The maximum absolute atomic E-state index is 12.6. The number of carboxylic acids is 1.